The van der Waals surface area contributed by atoms with Crippen molar-refractivity contribution in [2.24, 2.45) is 5.92 Å². The molecule has 0 aromatic carbocycles. The number of rotatable bonds is 4. The summed E-state index contributed by atoms with van der Waals surface area (Å²) in [6.07, 6.45) is -4.28. The molecule has 1 saturated carbocycles. The molecule has 0 aromatic heterocycles. The van der Waals surface area contributed by atoms with Gasteiger partial charge in [-0.2, -0.15) is 13.2 Å². The Labute approximate surface area is 137 Å². The van der Waals surface area contributed by atoms with Crippen LogP contribution in [0.3, 0.4) is 0 Å². The molecule has 0 aromatic rings. The largest absolute Gasteiger partial charge is 0.466 e. The molecule has 2 rings (SSSR count). The van der Waals surface area contributed by atoms with Crippen LogP contribution in [0.15, 0.2) is 11.3 Å². The van der Waals surface area contributed by atoms with Crippen molar-refractivity contribution in [3.63, 3.8) is 0 Å². The molecule has 1 fully saturated rings. The SMILES string of the molecule is COC(=O)C1=C(C)N(C(C)C)C(=O)[C@]1(NC(=O)C1CC1)C(F)(F)F. The second-order valence-corrected chi connectivity index (χ2v) is 6.23. The van der Waals surface area contributed by atoms with Gasteiger partial charge in [0, 0.05) is 17.7 Å². The van der Waals surface area contributed by atoms with E-state index in [1.54, 1.807) is 0 Å². The normalized spacial score (nSPS) is 24.7. The van der Waals surface area contributed by atoms with E-state index < -0.39 is 47.0 Å². The van der Waals surface area contributed by atoms with E-state index in [2.05, 4.69) is 4.74 Å². The quantitative estimate of drug-likeness (QED) is 0.782. The number of alkyl halides is 3. The maximum absolute atomic E-state index is 14.0. The molecule has 0 bridgehead atoms. The Kier molecular flexibility index (Phi) is 4.41. The maximum Gasteiger partial charge on any atom is 0.425 e. The number of carbonyl (C=O) groups excluding carboxylic acids is 3. The Hall–Kier alpha value is -2.06. The van der Waals surface area contributed by atoms with Gasteiger partial charge in [0.2, 0.25) is 11.4 Å². The highest BCUT2D eigenvalue weighted by atomic mass is 19.4. The first kappa shape index (κ1) is 18.3. The third kappa shape index (κ3) is 2.55. The zero-order valence-corrected chi connectivity index (χ0v) is 13.8. The van der Waals surface area contributed by atoms with Crippen molar-refractivity contribution in [2.75, 3.05) is 7.11 Å². The van der Waals surface area contributed by atoms with Gasteiger partial charge in [-0.15, -0.1) is 0 Å². The molecule has 6 nitrogen and oxygen atoms in total. The molecule has 0 spiro atoms. The lowest BCUT2D eigenvalue weighted by molar-refractivity contribution is -0.196. The van der Waals surface area contributed by atoms with Gasteiger partial charge in [-0.3, -0.25) is 9.59 Å². The molecule has 1 N–H and O–H groups in total. The summed E-state index contributed by atoms with van der Waals surface area (Å²) in [5.41, 5.74) is -4.46. The first-order valence-corrected chi connectivity index (χ1v) is 7.51. The fourth-order valence-electron chi connectivity index (χ4n) is 2.94. The van der Waals surface area contributed by atoms with Gasteiger partial charge in [-0.1, -0.05) is 0 Å². The number of methoxy groups -OCH3 is 1. The average Bonchev–Trinajstić information content (AvgIpc) is 3.25. The molecular weight excluding hydrogens is 329 g/mol. The summed E-state index contributed by atoms with van der Waals surface area (Å²) in [6.45, 7) is 4.28. The van der Waals surface area contributed by atoms with Gasteiger partial charge in [0.25, 0.3) is 5.91 Å². The van der Waals surface area contributed by atoms with Gasteiger partial charge >= 0.3 is 12.1 Å². The smallest absolute Gasteiger partial charge is 0.425 e. The summed E-state index contributed by atoms with van der Waals surface area (Å²) < 4.78 is 46.4. The van der Waals surface area contributed by atoms with Crippen LogP contribution in [0, 0.1) is 5.92 Å². The molecule has 1 aliphatic carbocycles. The zero-order valence-electron chi connectivity index (χ0n) is 13.8. The van der Waals surface area contributed by atoms with Crippen LogP contribution in [0.2, 0.25) is 0 Å². The van der Waals surface area contributed by atoms with Gasteiger partial charge in [0.05, 0.1) is 7.11 Å². The first-order valence-electron chi connectivity index (χ1n) is 7.51. The number of hydrogen-bond donors (Lipinski definition) is 1. The molecule has 24 heavy (non-hydrogen) atoms. The second-order valence-electron chi connectivity index (χ2n) is 6.23. The Morgan fingerprint density at radius 1 is 1.33 bits per heavy atom. The standard InChI is InChI=1S/C15H19F3N2O4/c1-7(2)20-8(3)10(12(22)24-4)14(13(20)23,15(16,17)18)19-11(21)9-5-6-9/h7,9H,5-6H2,1-4H3,(H,19,21)/t14-/m0/s1. The highest BCUT2D eigenvalue weighted by Crippen LogP contribution is 2.46. The number of amides is 2. The van der Waals surface area contributed by atoms with E-state index in [-0.39, 0.29) is 5.70 Å². The molecule has 9 heteroatoms. The summed E-state index contributed by atoms with van der Waals surface area (Å²) in [7, 11) is 0.926. The summed E-state index contributed by atoms with van der Waals surface area (Å²) in [4.78, 5) is 37.6. The molecule has 2 aliphatic rings. The number of ether oxygens (including phenoxy) is 1. The van der Waals surface area contributed by atoms with Crippen LogP contribution in [-0.4, -0.2) is 47.6 Å². The van der Waals surface area contributed by atoms with Crippen molar-refractivity contribution in [3.8, 4) is 0 Å². The number of nitrogens with zero attached hydrogens (tertiary/aromatic N) is 1. The van der Waals surface area contributed by atoms with Crippen molar-refractivity contribution in [2.45, 2.75) is 51.4 Å². The minimum atomic E-state index is -5.19. The van der Waals surface area contributed by atoms with Crippen molar-refractivity contribution in [1.82, 2.24) is 10.2 Å². The molecule has 134 valence electrons. The zero-order chi connectivity index (χ0) is 18.4. The molecule has 1 heterocycles. The lowest BCUT2D eigenvalue weighted by Crippen LogP contribution is -2.66. The number of halogens is 3. The highest BCUT2D eigenvalue weighted by molar-refractivity contribution is 6.10. The van der Waals surface area contributed by atoms with E-state index in [1.807, 2.05) is 5.32 Å². The summed E-state index contributed by atoms with van der Waals surface area (Å²) in [5, 5.41) is 1.81. The molecule has 2 amide bonds. The molecule has 1 aliphatic heterocycles. The van der Waals surface area contributed by atoms with E-state index in [4.69, 9.17) is 0 Å². The molecule has 1 atom stereocenters. The van der Waals surface area contributed by atoms with Crippen LogP contribution >= 0.6 is 0 Å². The Balaban J connectivity index is 2.66. The number of nitrogens with one attached hydrogen (secondary N) is 1. The van der Waals surface area contributed by atoms with E-state index in [0.717, 1.165) is 12.0 Å². The number of allylic oxidation sites excluding steroid dienone is 1. The van der Waals surface area contributed by atoms with Crippen molar-refractivity contribution in [3.05, 3.63) is 11.3 Å². The van der Waals surface area contributed by atoms with Gasteiger partial charge in [0.1, 0.15) is 5.57 Å². The summed E-state index contributed by atoms with van der Waals surface area (Å²) in [6, 6.07) is -0.626. The van der Waals surface area contributed by atoms with Gasteiger partial charge in [0.15, 0.2) is 0 Å². The minimum absolute atomic E-state index is 0.171. The first-order chi connectivity index (χ1) is 11.0. The monoisotopic (exact) mass is 348 g/mol. The van der Waals surface area contributed by atoms with Crippen LogP contribution in [0.1, 0.15) is 33.6 Å². The lowest BCUT2D eigenvalue weighted by atomic mass is 9.89. The Bertz CT molecular complexity index is 623. The second kappa shape index (κ2) is 5.78. The van der Waals surface area contributed by atoms with Crippen molar-refractivity contribution >= 4 is 17.8 Å². The number of hydrogen-bond acceptors (Lipinski definition) is 4. The average molecular weight is 348 g/mol. The van der Waals surface area contributed by atoms with E-state index in [1.165, 1.54) is 20.8 Å². The molecule has 0 radical (unpaired) electrons. The van der Waals surface area contributed by atoms with Crippen LogP contribution in [0.5, 0.6) is 0 Å². The van der Waals surface area contributed by atoms with Gasteiger partial charge in [-0.05, 0) is 33.6 Å². The third-order valence-electron chi connectivity index (χ3n) is 4.23. The predicted molar refractivity (Wildman–Crippen MR) is 76.4 cm³/mol. The van der Waals surface area contributed by atoms with Crippen LogP contribution < -0.4 is 5.32 Å². The van der Waals surface area contributed by atoms with E-state index in [9.17, 15) is 27.6 Å². The molecule has 0 saturated heterocycles. The number of carbonyl (C=O) groups is 3. The van der Waals surface area contributed by atoms with Gasteiger partial charge < -0.3 is 15.0 Å². The van der Waals surface area contributed by atoms with Crippen LogP contribution in [-0.2, 0) is 19.1 Å². The van der Waals surface area contributed by atoms with Crippen LogP contribution in [0.4, 0.5) is 13.2 Å². The van der Waals surface area contributed by atoms with Crippen molar-refractivity contribution in [1.29, 1.82) is 0 Å². The molecular formula is C15H19F3N2O4. The summed E-state index contributed by atoms with van der Waals surface area (Å²) in [5.74, 6) is -4.14. The topological polar surface area (TPSA) is 75.7 Å². The van der Waals surface area contributed by atoms with Crippen molar-refractivity contribution < 1.29 is 32.3 Å². The Morgan fingerprint density at radius 2 is 1.88 bits per heavy atom. The maximum atomic E-state index is 14.0. The van der Waals surface area contributed by atoms with E-state index in [0.29, 0.717) is 12.8 Å². The summed E-state index contributed by atoms with van der Waals surface area (Å²) >= 11 is 0. The predicted octanol–water partition coefficient (Wildman–Crippen LogP) is 1.51. The van der Waals surface area contributed by atoms with E-state index >= 15 is 0 Å². The fraction of sp³-hybridized carbons (Fsp3) is 0.667. The fourth-order valence-corrected chi connectivity index (χ4v) is 2.94. The number of esters is 1. The van der Waals surface area contributed by atoms with Gasteiger partial charge in [-0.25, -0.2) is 4.79 Å². The minimum Gasteiger partial charge on any atom is -0.466 e. The highest BCUT2D eigenvalue weighted by Gasteiger charge is 2.71. The molecule has 0 unspecified atom stereocenters. The lowest BCUT2D eigenvalue weighted by Gasteiger charge is -2.33. The van der Waals surface area contributed by atoms with Crippen LogP contribution in [0.25, 0.3) is 0 Å². The third-order valence-corrected chi connectivity index (χ3v) is 4.23. The Morgan fingerprint density at radius 3 is 2.25 bits per heavy atom.